The number of nitrogens with two attached hydrogens (primary N) is 1. The molecule has 1 aromatic heterocycles. The zero-order valence-electron chi connectivity index (χ0n) is 8.90. The fourth-order valence-corrected chi connectivity index (χ4v) is 1.74. The third kappa shape index (κ3) is 2.09. The number of aromatic nitrogens is 1. The van der Waals surface area contributed by atoms with Crippen molar-refractivity contribution < 1.29 is 0 Å². The molecule has 1 saturated carbocycles. The molecule has 1 heterocycles. The standard InChI is InChI=1S/C11H16N4/c1-2-15(9-3-4-9)10-7-8(11(12)13)5-6-14-10/h5-7,9H,2-4H2,1H3,(H3,12,13). The van der Waals surface area contributed by atoms with Gasteiger partial charge in [0.15, 0.2) is 0 Å². The highest BCUT2D eigenvalue weighted by molar-refractivity contribution is 5.95. The molecule has 80 valence electrons. The zero-order valence-corrected chi connectivity index (χ0v) is 8.90. The number of pyridine rings is 1. The smallest absolute Gasteiger partial charge is 0.129 e. The van der Waals surface area contributed by atoms with E-state index in [-0.39, 0.29) is 5.84 Å². The predicted octanol–water partition coefficient (Wildman–Crippen LogP) is 1.35. The first kappa shape index (κ1) is 9.96. The van der Waals surface area contributed by atoms with Crippen molar-refractivity contribution in [3.05, 3.63) is 23.9 Å². The number of anilines is 1. The highest BCUT2D eigenvalue weighted by Crippen LogP contribution is 2.30. The third-order valence-electron chi connectivity index (χ3n) is 2.68. The number of nitrogens with zero attached hydrogens (tertiary/aromatic N) is 2. The van der Waals surface area contributed by atoms with E-state index < -0.39 is 0 Å². The Kier molecular flexibility index (Phi) is 2.58. The number of rotatable bonds is 4. The van der Waals surface area contributed by atoms with Gasteiger partial charge in [0, 0.05) is 24.3 Å². The van der Waals surface area contributed by atoms with Crippen LogP contribution in [0.5, 0.6) is 0 Å². The predicted molar refractivity (Wildman–Crippen MR) is 61.3 cm³/mol. The summed E-state index contributed by atoms with van der Waals surface area (Å²) in [6, 6.07) is 4.31. The molecule has 0 saturated heterocycles. The second-order valence-electron chi connectivity index (χ2n) is 3.83. The minimum atomic E-state index is 0.102. The summed E-state index contributed by atoms with van der Waals surface area (Å²) in [6.07, 6.45) is 4.22. The highest BCUT2D eigenvalue weighted by atomic mass is 15.2. The van der Waals surface area contributed by atoms with Crippen LogP contribution in [0.25, 0.3) is 0 Å². The first-order valence-corrected chi connectivity index (χ1v) is 5.29. The maximum absolute atomic E-state index is 7.38. The SMILES string of the molecule is CCN(c1cc(C(=N)N)ccn1)C1CC1. The maximum Gasteiger partial charge on any atom is 0.129 e. The van der Waals surface area contributed by atoms with E-state index in [4.69, 9.17) is 11.1 Å². The Morgan fingerprint density at radius 3 is 2.93 bits per heavy atom. The Morgan fingerprint density at radius 2 is 2.40 bits per heavy atom. The topological polar surface area (TPSA) is 66.0 Å². The average molecular weight is 204 g/mol. The van der Waals surface area contributed by atoms with E-state index in [0.29, 0.717) is 6.04 Å². The summed E-state index contributed by atoms with van der Waals surface area (Å²) < 4.78 is 0. The van der Waals surface area contributed by atoms with Crippen LogP contribution < -0.4 is 10.6 Å². The number of amidine groups is 1. The maximum atomic E-state index is 7.38. The second-order valence-corrected chi connectivity index (χ2v) is 3.83. The molecule has 0 amide bonds. The number of nitrogens with one attached hydrogen (secondary N) is 1. The molecule has 0 bridgehead atoms. The molecule has 0 aliphatic heterocycles. The summed E-state index contributed by atoms with van der Waals surface area (Å²) >= 11 is 0. The van der Waals surface area contributed by atoms with Gasteiger partial charge in [0.1, 0.15) is 11.7 Å². The van der Waals surface area contributed by atoms with Gasteiger partial charge in [-0.05, 0) is 31.9 Å². The van der Waals surface area contributed by atoms with E-state index in [1.165, 1.54) is 12.8 Å². The van der Waals surface area contributed by atoms with Crippen LogP contribution in [0.15, 0.2) is 18.3 Å². The fourth-order valence-electron chi connectivity index (χ4n) is 1.74. The van der Waals surface area contributed by atoms with Crippen molar-refractivity contribution in [3.8, 4) is 0 Å². The molecule has 15 heavy (non-hydrogen) atoms. The van der Waals surface area contributed by atoms with E-state index in [1.54, 1.807) is 12.3 Å². The molecule has 0 atom stereocenters. The lowest BCUT2D eigenvalue weighted by Gasteiger charge is -2.21. The van der Waals surface area contributed by atoms with E-state index in [1.807, 2.05) is 6.07 Å². The number of nitrogen functional groups attached to an aromatic ring is 1. The van der Waals surface area contributed by atoms with Gasteiger partial charge in [-0.1, -0.05) is 0 Å². The van der Waals surface area contributed by atoms with Crippen molar-refractivity contribution in [3.63, 3.8) is 0 Å². The molecule has 1 fully saturated rings. The summed E-state index contributed by atoms with van der Waals surface area (Å²) in [4.78, 5) is 6.60. The zero-order chi connectivity index (χ0) is 10.8. The lowest BCUT2D eigenvalue weighted by molar-refractivity contribution is 0.808. The summed E-state index contributed by atoms with van der Waals surface area (Å²) in [5.41, 5.74) is 6.20. The van der Waals surface area contributed by atoms with Crippen LogP contribution in [-0.4, -0.2) is 23.4 Å². The van der Waals surface area contributed by atoms with Gasteiger partial charge in [0.2, 0.25) is 0 Å². The van der Waals surface area contributed by atoms with Crippen molar-refractivity contribution in [1.29, 1.82) is 5.41 Å². The van der Waals surface area contributed by atoms with Gasteiger partial charge in [-0.25, -0.2) is 4.98 Å². The van der Waals surface area contributed by atoms with Crippen LogP contribution in [0.1, 0.15) is 25.3 Å². The number of hydrogen-bond acceptors (Lipinski definition) is 3. The van der Waals surface area contributed by atoms with Crippen LogP contribution in [0.3, 0.4) is 0 Å². The van der Waals surface area contributed by atoms with Gasteiger partial charge in [-0.3, -0.25) is 5.41 Å². The lowest BCUT2D eigenvalue weighted by Crippen LogP contribution is -2.26. The van der Waals surface area contributed by atoms with Gasteiger partial charge in [0.05, 0.1) is 0 Å². The van der Waals surface area contributed by atoms with Gasteiger partial charge in [0.25, 0.3) is 0 Å². The lowest BCUT2D eigenvalue weighted by atomic mass is 10.2. The minimum Gasteiger partial charge on any atom is -0.384 e. The minimum absolute atomic E-state index is 0.102. The van der Waals surface area contributed by atoms with E-state index in [2.05, 4.69) is 16.8 Å². The van der Waals surface area contributed by atoms with Gasteiger partial charge < -0.3 is 10.6 Å². The third-order valence-corrected chi connectivity index (χ3v) is 2.68. The number of hydrogen-bond donors (Lipinski definition) is 2. The molecule has 4 heteroatoms. The van der Waals surface area contributed by atoms with Crippen molar-refractivity contribution in [2.24, 2.45) is 5.73 Å². The van der Waals surface area contributed by atoms with E-state index >= 15 is 0 Å². The second kappa shape index (κ2) is 3.88. The van der Waals surface area contributed by atoms with Gasteiger partial charge in [-0.2, -0.15) is 0 Å². The molecule has 0 radical (unpaired) electrons. The van der Waals surface area contributed by atoms with Crippen molar-refractivity contribution in [2.75, 3.05) is 11.4 Å². The van der Waals surface area contributed by atoms with Gasteiger partial charge in [-0.15, -0.1) is 0 Å². The van der Waals surface area contributed by atoms with Crippen molar-refractivity contribution in [1.82, 2.24) is 4.98 Å². The molecule has 1 aliphatic rings. The van der Waals surface area contributed by atoms with Crippen molar-refractivity contribution >= 4 is 11.7 Å². The van der Waals surface area contributed by atoms with Crippen molar-refractivity contribution in [2.45, 2.75) is 25.8 Å². The Bertz CT molecular complexity index is 371. The summed E-state index contributed by atoms with van der Waals surface area (Å²) in [5, 5.41) is 7.38. The molecule has 0 spiro atoms. The normalized spacial score (nSPS) is 15.0. The average Bonchev–Trinajstić information content (AvgIpc) is 3.04. The van der Waals surface area contributed by atoms with Crippen LogP contribution in [0, 0.1) is 5.41 Å². The molecule has 2 rings (SSSR count). The molecule has 1 aliphatic carbocycles. The molecule has 0 unspecified atom stereocenters. The van der Waals surface area contributed by atoms with Crippen LogP contribution in [0.2, 0.25) is 0 Å². The van der Waals surface area contributed by atoms with Crippen LogP contribution in [0.4, 0.5) is 5.82 Å². The summed E-state index contributed by atoms with van der Waals surface area (Å²) in [6.45, 7) is 3.08. The Labute approximate surface area is 89.6 Å². The Hall–Kier alpha value is -1.58. The molecule has 3 N–H and O–H groups in total. The monoisotopic (exact) mass is 204 g/mol. The van der Waals surface area contributed by atoms with Crippen LogP contribution in [-0.2, 0) is 0 Å². The van der Waals surface area contributed by atoms with E-state index in [9.17, 15) is 0 Å². The molecular formula is C11H16N4. The summed E-state index contributed by atoms with van der Waals surface area (Å²) in [5.74, 6) is 1.04. The highest BCUT2D eigenvalue weighted by Gasteiger charge is 2.28. The fraction of sp³-hybridized carbons (Fsp3) is 0.455. The van der Waals surface area contributed by atoms with Crippen LogP contribution >= 0.6 is 0 Å². The Balaban J connectivity index is 2.26. The Morgan fingerprint density at radius 1 is 1.67 bits per heavy atom. The largest absolute Gasteiger partial charge is 0.384 e. The quantitative estimate of drug-likeness (QED) is 0.574. The van der Waals surface area contributed by atoms with E-state index in [0.717, 1.165) is 17.9 Å². The first-order chi connectivity index (χ1) is 7.22. The molecule has 1 aromatic rings. The first-order valence-electron chi connectivity index (χ1n) is 5.29. The summed E-state index contributed by atoms with van der Waals surface area (Å²) in [7, 11) is 0. The molecule has 4 nitrogen and oxygen atoms in total. The van der Waals surface area contributed by atoms with Gasteiger partial charge >= 0.3 is 0 Å². The molecular weight excluding hydrogens is 188 g/mol. The molecule has 0 aromatic carbocycles.